The molecule has 1 heterocycles. The van der Waals surface area contributed by atoms with Crippen molar-refractivity contribution in [2.24, 2.45) is 0 Å². The Bertz CT molecular complexity index is 262. The topological polar surface area (TPSA) is 39.4 Å². The lowest BCUT2D eigenvalue weighted by Gasteiger charge is -1.98. The molecule has 0 amide bonds. The van der Waals surface area contributed by atoms with E-state index in [2.05, 4.69) is 0 Å². The summed E-state index contributed by atoms with van der Waals surface area (Å²) >= 11 is 0. The molecule has 0 N–H and O–H groups in total. The van der Waals surface area contributed by atoms with Crippen molar-refractivity contribution in [2.45, 2.75) is 20.3 Å². The van der Waals surface area contributed by atoms with Crippen LogP contribution in [0.2, 0.25) is 0 Å². The van der Waals surface area contributed by atoms with Gasteiger partial charge in [0.1, 0.15) is 11.5 Å². The van der Waals surface area contributed by atoms with E-state index in [0.29, 0.717) is 13.0 Å². The average Bonchev–Trinajstić information content (AvgIpc) is 2.35. The van der Waals surface area contributed by atoms with E-state index in [1.807, 2.05) is 19.1 Å². The van der Waals surface area contributed by atoms with Gasteiger partial charge >= 0.3 is 5.97 Å². The van der Waals surface area contributed by atoms with Crippen LogP contribution in [0.3, 0.4) is 0 Å². The molecule has 0 aromatic carbocycles. The third-order valence-corrected chi connectivity index (χ3v) is 1.45. The predicted molar refractivity (Wildman–Crippen MR) is 43.8 cm³/mol. The van der Waals surface area contributed by atoms with Crippen molar-refractivity contribution in [3.8, 4) is 0 Å². The third kappa shape index (κ3) is 2.78. The van der Waals surface area contributed by atoms with Crippen LogP contribution in [0.1, 0.15) is 18.4 Å². The Labute approximate surface area is 71.3 Å². The Kier molecular flexibility index (Phi) is 2.91. The van der Waals surface area contributed by atoms with Crippen molar-refractivity contribution in [1.82, 2.24) is 0 Å². The fourth-order valence-electron chi connectivity index (χ4n) is 0.915. The lowest BCUT2D eigenvalue weighted by molar-refractivity contribution is -0.140. The molecule has 0 aliphatic heterocycles. The summed E-state index contributed by atoms with van der Waals surface area (Å²) in [5.41, 5.74) is 0. The number of aryl methyl sites for hydroxylation is 1. The van der Waals surface area contributed by atoms with Crippen LogP contribution >= 0.6 is 0 Å². The van der Waals surface area contributed by atoms with Crippen molar-refractivity contribution < 1.29 is 13.9 Å². The largest absolute Gasteiger partial charge is 0.466 e. The minimum atomic E-state index is -0.252. The number of hydrogen-bond acceptors (Lipinski definition) is 3. The summed E-state index contributed by atoms with van der Waals surface area (Å²) in [6.07, 6.45) is 0.646. The van der Waals surface area contributed by atoms with Crippen LogP contribution in [0.25, 0.3) is 0 Å². The summed E-state index contributed by atoms with van der Waals surface area (Å²) < 4.78 is 10.0. The first kappa shape index (κ1) is 8.84. The maximum atomic E-state index is 10.4. The summed E-state index contributed by atoms with van der Waals surface area (Å²) in [5.74, 6) is 1.49. The van der Waals surface area contributed by atoms with Crippen molar-refractivity contribution in [3.05, 3.63) is 23.7 Å². The molecule has 3 heteroatoms. The van der Waals surface area contributed by atoms with Gasteiger partial charge in [-0.25, -0.2) is 0 Å². The zero-order valence-electron chi connectivity index (χ0n) is 7.29. The second-order valence-corrected chi connectivity index (χ2v) is 2.60. The molecule has 66 valence electrons. The lowest BCUT2D eigenvalue weighted by atomic mass is 10.3. The SMILES string of the molecule is CC(=O)OCCc1ccc(C)o1. The number of rotatable bonds is 3. The first-order chi connectivity index (χ1) is 5.68. The molecule has 1 aromatic rings. The van der Waals surface area contributed by atoms with Crippen molar-refractivity contribution in [1.29, 1.82) is 0 Å². The monoisotopic (exact) mass is 168 g/mol. The lowest BCUT2D eigenvalue weighted by Crippen LogP contribution is -2.02. The Balaban J connectivity index is 2.29. The predicted octanol–water partition coefficient (Wildman–Crippen LogP) is 1.69. The molecule has 0 spiro atoms. The van der Waals surface area contributed by atoms with Gasteiger partial charge in [-0.15, -0.1) is 0 Å². The highest BCUT2D eigenvalue weighted by atomic mass is 16.5. The van der Waals surface area contributed by atoms with E-state index in [0.717, 1.165) is 11.5 Å². The molecule has 0 aliphatic carbocycles. The zero-order valence-corrected chi connectivity index (χ0v) is 7.29. The maximum Gasteiger partial charge on any atom is 0.302 e. The number of ether oxygens (including phenoxy) is 1. The van der Waals surface area contributed by atoms with E-state index < -0.39 is 0 Å². The van der Waals surface area contributed by atoms with Crippen LogP contribution in [-0.2, 0) is 16.0 Å². The molecule has 3 nitrogen and oxygen atoms in total. The Hall–Kier alpha value is -1.25. The molecule has 0 aliphatic rings. The van der Waals surface area contributed by atoms with E-state index >= 15 is 0 Å². The van der Waals surface area contributed by atoms with E-state index in [4.69, 9.17) is 9.15 Å². The third-order valence-electron chi connectivity index (χ3n) is 1.45. The van der Waals surface area contributed by atoms with Gasteiger partial charge in [0.25, 0.3) is 0 Å². The number of furan rings is 1. The Morgan fingerprint density at radius 2 is 2.33 bits per heavy atom. The van der Waals surface area contributed by atoms with Crippen LogP contribution in [0.5, 0.6) is 0 Å². The van der Waals surface area contributed by atoms with E-state index in [1.165, 1.54) is 6.92 Å². The second kappa shape index (κ2) is 3.95. The molecule has 1 aromatic heterocycles. The van der Waals surface area contributed by atoms with Gasteiger partial charge in [-0.2, -0.15) is 0 Å². The number of hydrogen-bond donors (Lipinski definition) is 0. The van der Waals surface area contributed by atoms with Gasteiger partial charge in [0, 0.05) is 13.3 Å². The molecule has 0 saturated carbocycles. The van der Waals surface area contributed by atoms with Crippen LogP contribution < -0.4 is 0 Å². The van der Waals surface area contributed by atoms with Gasteiger partial charge in [0.2, 0.25) is 0 Å². The van der Waals surface area contributed by atoms with Gasteiger partial charge in [-0.3, -0.25) is 4.79 Å². The van der Waals surface area contributed by atoms with Crippen molar-refractivity contribution in [3.63, 3.8) is 0 Å². The Morgan fingerprint density at radius 1 is 1.58 bits per heavy atom. The fraction of sp³-hybridized carbons (Fsp3) is 0.444. The van der Waals surface area contributed by atoms with Gasteiger partial charge in [0.15, 0.2) is 0 Å². The fourth-order valence-corrected chi connectivity index (χ4v) is 0.915. The quantitative estimate of drug-likeness (QED) is 0.645. The summed E-state index contributed by atoms with van der Waals surface area (Å²) in [6, 6.07) is 3.78. The maximum absolute atomic E-state index is 10.4. The highest BCUT2D eigenvalue weighted by Gasteiger charge is 1.99. The molecule has 0 radical (unpaired) electrons. The molecule has 0 bridgehead atoms. The van der Waals surface area contributed by atoms with Gasteiger partial charge in [0.05, 0.1) is 6.61 Å². The first-order valence-corrected chi connectivity index (χ1v) is 3.87. The Morgan fingerprint density at radius 3 is 2.83 bits per heavy atom. The van der Waals surface area contributed by atoms with E-state index in [-0.39, 0.29) is 5.97 Å². The minimum absolute atomic E-state index is 0.252. The van der Waals surface area contributed by atoms with Crippen LogP contribution in [0.4, 0.5) is 0 Å². The van der Waals surface area contributed by atoms with Crippen molar-refractivity contribution >= 4 is 5.97 Å². The highest BCUT2D eigenvalue weighted by molar-refractivity contribution is 5.65. The molecule has 12 heavy (non-hydrogen) atoms. The summed E-state index contributed by atoms with van der Waals surface area (Å²) in [5, 5.41) is 0. The number of carbonyl (C=O) groups is 1. The van der Waals surface area contributed by atoms with Crippen LogP contribution in [-0.4, -0.2) is 12.6 Å². The van der Waals surface area contributed by atoms with Gasteiger partial charge < -0.3 is 9.15 Å². The molecule has 0 fully saturated rings. The van der Waals surface area contributed by atoms with Gasteiger partial charge in [-0.1, -0.05) is 0 Å². The molecular formula is C9H12O3. The summed E-state index contributed by atoms with van der Waals surface area (Å²) in [6.45, 7) is 3.67. The highest BCUT2D eigenvalue weighted by Crippen LogP contribution is 2.06. The van der Waals surface area contributed by atoms with Crippen LogP contribution in [0, 0.1) is 6.92 Å². The van der Waals surface area contributed by atoms with Crippen LogP contribution in [0.15, 0.2) is 16.5 Å². The van der Waals surface area contributed by atoms with E-state index in [9.17, 15) is 4.79 Å². The van der Waals surface area contributed by atoms with Gasteiger partial charge in [-0.05, 0) is 19.1 Å². The van der Waals surface area contributed by atoms with Crippen molar-refractivity contribution in [2.75, 3.05) is 6.61 Å². The molecule has 0 unspecified atom stereocenters. The average molecular weight is 168 g/mol. The normalized spacial score (nSPS) is 9.83. The number of carbonyl (C=O) groups excluding carboxylic acids is 1. The second-order valence-electron chi connectivity index (χ2n) is 2.60. The van der Waals surface area contributed by atoms with E-state index in [1.54, 1.807) is 0 Å². The molecule has 0 atom stereocenters. The summed E-state index contributed by atoms with van der Waals surface area (Å²) in [4.78, 5) is 10.4. The summed E-state index contributed by atoms with van der Waals surface area (Å²) in [7, 11) is 0. The minimum Gasteiger partial charge on any atom is -0.466 e. The standard InChI is InChI=1S/C9H12O3/c1-7-3-4-9(12-7)5-6-11-8(2)10/h3-4H,5-6H2,1-2H3. The zero-order chi connectivity index (χ0) is 8.97. The number of esters is 1. The molecular weight excluding hydrogens is 156 g/mol. The first-order valence-electron chi connectivity index (χ1n) is 3.87. The smallest absolute Gasteiger partial charge is 0.302 e. The molecule has 1 rings (SSSR count). The molecule has 0 saturated heterocycles.